The number of anilines is 2. The van der Waals surface area contributed by atoms with Gasteiger partial charge in [0.2, 0.25) is 0 Å². The molecule has 1 aromatic heterocycles. The molecular formula is C30H41N5O4. The second-order valence-corrected chi connectivity index (χ2v) is 10.3. The summed E-state index contributed by atoms with van der Waals surface area (Å²) >= 11 is 0. The molecule has 0 aliphatic carbocycles. The number of hydrogen-bond donors (Lipinski definition) is 0. The van der Waals surface area contributed by atoms with Gasteiger partial charge in [0.25, 0.3) is 6.01 Å². The van der Waals surface area contributed by atoms with E-state index in [1.165, 1.54) is 11.3 Å². The molecule has 9 heteroatoms. The van der Waals surface area contributed by atoms with Crippen LogP contribution in [0.4, 0.5) is 11.7 Å². The molecule has 2 saturated heterocycles. The van der Waals surface area contributed by atoms with Gasteiger partial charge in [0, 0.05) is 64.6 Å². The van der Waals surface area contributed by atoms with Crippen molar-refractivity contribution in [2.75, 3.05) is 89.6 Å². The smallest absolute Gasteiger partial charge is 0.298 e. The summed E-state index contributed by atoms with van der Waals surface area (Å²) in [7, 11) is 3.88. The lowest BCUT2D eigenvalue weighted by molar-refractivity contribution is 0.0177. The molecule has 2 aromatic carbocycles. The maximum absolute atomic E-state index is 5.99. The van der Waals surface area contributed by atoms with Crippen molar-refractivity contribution in [1.29, 1.82) is 0 Å². The van der Waals surface area contributed by atoms with E-state index in [4.69, 9.17) is 23.6 Å². The topological polar surface area (TPSA) is 66.7 Å². The number of methoxy groups -OCH3 is 1. The van der Waals surface area contributed by atoms with Crippen LogP contribution in [0.25, 0.3) is 0 Å². The Kier molecular flexibility index (Phi) is 9.71. The van der Waals surface area contributed by atoms with E-state index < -0.39 is 0 Å². The zero-order valence-electron chi connectivity index (χ0n) is 23.3. The third-order valence-electron chi connectivity index (χ3n) is 7.38. The largest absolute Gasteiger partial charge is 0.497 e. The molecule has 0 amide bonds. The number of morpholine rings is 1. The molecule has 9 nitrogen and oxygen atoms in total. The lowest BCUT2D eigenvalue weighted by Crippen LogP contribution is -2.44. The summed E-state index contributed by atoms with van der Waals surface area (Å²) in [5, 5.41) is 0. The van der Waals surface area contributed by atoms with Crippen molar-refractivity contribution < 1.29 is 18.6 Å². The second kappa shape index (κ2) is 13.8. The normalized spacial score (nSPS) is 16.9. The first-order valence-electron chi connectivity index (χ1n) is 13.9. The molecule has 210 valence electrons. The molecule has 0 atom stereocenters. The standard InChI is InChI=1S/C30H41N5O4/c1-32-9-11-34(12-10-32)28-7-3-5-25(19-28)21-35(22-26-6-4-8-29(20-26)36-2)30-31-27(24-39-30)23-38-18-15-33-13-16-37-17-14-33/h3-8,19-20,24H,9-18,21-23H2,1-2H3. The Balaban J connectivity index is 1.26. The van der Waals surface area contributed by atoms with Gasteiger partial charge in [-0.2, -0.15) is 4.98 Å². The maximum Gasteiger partial charge on any atom is 0.298 e. The molecule has 2 aliphatic heterocycles. The van der Waals surface area contributed by atoms with Crippen molar-refractivity contribution >= 4 is 11.7 Å². The third kappa shape index (κ3) is 7.95. The number of hydrogen-bond acceptors (Lipinski definition) is 9. The number of oxazole rings is 1. The van der Waals surface area contributed by atoms with Gasteiger partial charge in [0.15, 0.2) is 0 Å². The number of aromatic nitrogens is 1. The highest BCUT2D eigenvalue weighted by Crippen LogP contribution is 2.24. The van der Waals surface area contributed by atoms with E-state index in [0.29, 0.717) is 32.3 Å². The van der Waals surface area contributed by atoms with E-state index >= 15 is 0 Å². The zero-order chi connectivity index (χ0) is 26.9. The molecule has 3 heterocycles. The predicted octanol–water partition coefficient (Wildman–Crippen LogP) is 3.49. The van der Waals surface area contributed by atoms with E-state index in [1.807, 2.05) is 12.1 Å². The number of piperazine rings is 1. The molecule has 0 saturated carbocycles. The fourth-order valence-electron chi connectivity index (χ4n) is 5.02. The van der Waals surface area contributed by atoms with Crippen molar-refractivity contribution in [1.82, 2.24) is 14.8 Å². The molecular weight excluding hydrogens is 494 g/mol. The molecule has 0 radical (unpaired) electrons. The Hall–Kier alpha value is -3.11. The molecule has 0 N–H and O–H groups in total. The fraction of sp³-hybridized carbons (Fsp3) is 0.500. The molecule has 2 fully saturated rings. The van der Waals surface area contributed by atoms with Gasteiger partial charge in [-0.05, 0) is 42.4 Å². The van der Waals surface area contributed by atoms with E-state index in [1.54, 1.807) is 13.4 Å². The highest BCUT2D eigenvalue weighted by atomic mass is 16.5. The summed E-state index contributed by atoms with van der Waals surface area (Å²) in [5.41, 5.74) is 4.42. The summed E-state index contributed by atoms with van der Waals surface area (Å²) in [6, 6.07) is 17.6. The number of likely N-dealkylation sites (N-methyl/N-ethyl adjacent to an activating group) is 1. The number of rotatable bonds is 12. The van der Waals surface area contributed by atoms with E-state index in [2.05, 4.69) is 63.0 Å². The highest BCUT2D eigenvalue weighted by Gasteiger charge is 2.18. The first kappa shape index (κ1) is 27.5. The van der Waals surface area contributed by atoms with Crippen LogP contribution < -0.4 is 14.5 Å². The van der Waals surface area contributed by atoms with Crippen LogP contribution in [0.2, 0.25) is 0 Å². The monoisotopic (exact) mass is 535 g/mol. The summed E-state index contributed by atoms with van der Waals surface area (Å²) in [6.45, 7) is 11.1. The maximum atomic E-state index is 5.99. The number of nitrogens with zero attached hydrogens (tertiary/aromatic N) is 5. The van der Waals surface area contributed by atoms with E-state index in [-0.39, 0.29) is 0 Å². The van der Waals surface area contributed by atoms with Crippen molar-refractivity contribution in [3.05, 3.63) is 71.6 Å². The van der Waals surface area contributed by atoms with Crippen LogP contribution in [0.5, 0.6) is 5.75 Å². The highest BCUT2D eigenvalue weighted by molar-refractivity contribution is 5.50. The Morgan fingerprint density at radius 1 is 0.923 bits per heavy atom. The van der Waals surface area contributed by atoms with Gasteiger partial charge >= 0.3 is 0 Å². The molecule has 0 unspecified atom stereocenters. The quantitative estimate of drug-likeness (QED) is 0.324. The second-order valence-electron chi connectivity index (χ2n) is 10.3. The van der Waals surface area contributed by atoms with Crippen LogP contribution in [-0.2, 0) is 29.2 Å². The van der Waals surface area contributed by atoms with E-state index in [9.17, 15) is 0 Å². The van der Waals surface area contributed by atoms with Crippen LogP contribution >= 0.6 is 0 Å². The fourth-order valence-corrected chi connectivity index (χ4v) is 5.02. The predicted molar refractivity (Wildman–Crippen MR) is 152 cm³/mol. The summed E-state index contributed by atoms with van der Waals surface area (Å²) in [6.07, 6.45) is 1.71. The Morgan fingerprint density at radius 2 is 1.67 bits per heavy atom. The Morgan fingerprint density at radius 3 is 2.44 bits per heavy atom. The minimum atomic E-state index is 0.430. The SMILES string of the molecule is COc1cccc(CN(Cc2cccc(N3CCN(C)CC3)c2)c2nc(COCCN3CCOCC3)co2)c1. The summed E-state index contributed by atoms with van der Waals surface area (Å²) < 4.78 is 22.8. The van der Waals surface area contributed by atoms with Gasteiger partial charge in [-0.3, -0.25) is 4.90 Å². The summed E-state index contributed by atoms with van der Waals surface area (Å²) in [4.78, 5) is 14.2. The van der Waals surface area contributed by atoms with Gasteiger partial charge in [0.1, 0.15) is 17.7 Å². The van der Waals surface area contributed by atoms with Crippen LogP contribution in [0.1, 0.15) is 16.8 Å². The molecule has 2 aliphatic rings. The van der Waals surface area contributed by atoms with Crippen LogP contribution in [0.15, 0.2) is 59.2 Å². The van der Waals surface area contributed by atoms with Gasteiger partial charge in [-0.1, -0.05) is 24.3 Å². The summed E-state index contributed by atoms with van der Waals surface area (Å²) in [5.74, 6) is 0.839. The van der Waals surface area contributed by atoms with Crippen LogP contribution in [-0.4, -0.2) is 94.6 Å². The Labute approximate surface area is 231 Å². The minimum absolute atomic E-state index is 0.430. The van der Waals surface area contributed by atoms with Crippen molar-refractivity contribution in [2.24, 2.45) is 0 Å². The Bertz CT molecular complexity index is 1160. The zero-order valence-corrected chi connectivity index (χ0v) is 23.3. The van der Waals surface area contributed by atoms with Gasteiger partial charge < -0.3 is 33.3 Å². The van der Waals surface area contributed by atoms with Crippen molar-refractivity contribution in [3.63, 3.8) is 0 Å². The molecule has 3 aromatic rings. The van der Waals surface area contributed by atoms with Crippen LogP contribution in [0.3, 0.4) is 0 Å². The average Bonchev–Trinajstić information content (AvgIpc) is 3.45. The third-order valence-corrected chi connectivity index (χ3v) is 7.38. The van der Waals surface area contributed by atoms with Crippen molar-refractivity contribution in [3.8, 4) is 5.75 Å². The lowest BCUT2D eigenvalue weighted by Gasteiger charge is -2.34. The average molecular weight is 536 g/mol. The minimum Gasteiger partial charge on any atom is -0.497 e. The lowest BCUT2D eigenvalue weighted by atomic mass is 10.1. The molecule has 39 heavy (non-hydrogen) atoms. The number of benzene rings is 2. The van der Waals surface area contributed by atoms with Gasteiger partial charge in [-0.15, -0.1) is 0 Å². The molecule has 0 spiro atoms. The van der Waals surface area contributed by atoms with Crippen LogP contribution in [0, 0.1) is 0 Å². The first-order chi connectivity index (χ1) is 19.2. The molecule has 5 rings (SSSR count). The van der Waals surface area contributed by atoms with E-state index in [0.717, 1.165) is 76.0 Å². The first-order valence-corrected chi connectivity index (χ1v) is 13.9. The van der Waals surface area contributed by atoms with Crippen molar-refractivity contribution in [2.45, 2.75) is 19.7 Å². The van der Waals surface area contributed by atoms with Gasteiger partial charge in [-0.25, -0.2) is 0 Å². The van der Waals surface area contributed by atoms with Gasteiger partial charge in [0.05, 0.1) is 33.5 Å². The number of ether oxygens (including phenoxy) is 3. The molecule has 0 bridgehead atoms.